The zero-order valence-electron chi connectivity index (χ0n) is 8.93. The summed E-state index contributed by atoms with van der Waals surface area (Å²) >= 11 is 0. The van der Waals surface area contributed by atoms with E-state index in [2.05, 4.69) is 0 Å². The van der Waals surface area contributed by atoms with E-state index < -0.39 is 18.8 Å². The molecular formula is C10H18F3NO. The van der Waals surface area contributed by atoms with Crippen LogP contribution in [0.25, 0.3) is 0 Å². The molecule has 1 N–H and O–H groups in total. The number of rotatable bonds is 4. The molecule has 1 unspecified atom stereocenters. The minimum Gasteiger partial charge on any atom is -0.392 e. The van der Waals surface area contributed by atoms with E-state index in [1.54, 1.807) is 0 Å². The predicted octanol–water partition coefficient (Wildman–Crippen LogP) is 2.03. The van der Waals surface area contributed by atoms with Crippen LogP contribution < -0.4 is 0 Å². The van der Waals surface area contributed by atoms with Gasteiger partial charge in [-0.15, -0.1) is 0 Å². The van der Waals surface area contributed by atoms with Gasteiger partial charge in [0.05, 0.1) is 12.6 Å². The van der Waals surface area contributed by atoms with Gasteiger partial charge in [0.1, 0.15) is 0 Å². The molecule has 5 heteroatoms. The van der Waals surface area contributed by atoms with Gasteiger partial charge in [0.15, 0.2) is 0 Å². The first-order valence-electron chi connectivity index (χ1n) is 5.32. The van der Waals surface area contributed by atoms with Crippen molar-refractivity contribution in [1.82, 2.24) is 4.90 Å². The van der Waals surface area contributed by atoms with Crippen LogP contribution in [0.2, 0.25) is 0 Å². The molecule has 0 aromatic heterocycles. The van der Waals surface area contributed by atoms with Crippen molar-refractivity contribution in [2.24, 2.45) is 5.92 Å². The van der Waals surface area contributed by atoms with Crippen molar-refractivity contribution < 1.29 is 18.3 Å². The average Bonchev–Trinajstić information content (AvgIpc) is 2.50. The normalized spacial score (nSPS) is 21.2. The van der Waals surface area contributed by atoms with Crippen molar-refractivity contribution in [2.75, 3.05) is 20.1 Å². The Hall–Kier alpha value is -0.290. The maximum Gasteiger partial charge on any atom is 0.401 e. The fraction of sp³-hybridized carbons (Fsp3) is 1.00. The first-order valence-corrected chi connectivity index (χ1v) is 5.32. The van der Waals surface area contributed by atoms with Crippen LogP contribution in [0.3, 0.4) is 0 Å². The van der Waals surface area contributed by atoms with Crippen molar-refractivity contribution >= 4 is 0 Å². The first kappa shape index (κ1) is 12.8. The lowest BCUT2D eigenvalue weighted by molar-refractivity contribution is -0.146. The van der Waals surface area contributed by atoms with E-state index >= 15 is 0 Å². The van der Waals surface area contributed by atoms with E-state index in [1.807, 2.05) is 0 Å². The summed E-state index contributed by atoms with van der Waals surface area (Å²) < 4.78 is 36.0. The second kappa shape index (κ2) is 5.16. The van der Waals surface area contributed by atoms with Gasteiger partial charge in [0, 0.05) is 6.54 Å². The zero-order chi connectivity index (χ0) is 11.5. The lowest BCUT2D eigenvalue weighted by atomic mass is 10.0. The van der Waals surface area contributed by atoms with E-state index in [9.17, 15) is 18.3 Å². The van der Waals surface area contributed by atoms with E-state index in [1.165, 1.54) is 7.05 Å². The summed E-state index contributed by atoms with van der Waals surface area (Å²) in [6, 6.07) is 0. The molecule has 1 aliphatic rings. The standard InChI is InChI=1S/C10H18F3NO/c1-14(7-10(11,12)13)6-9(15)8-4-2-3-5-8/h8-9,15H,2-7H2,1H3. The van der Waals surface area contributed by atoms with Gasteiger partial charge in [-0.3, -0.25) is 4.90 Å². The Labute approximate surface area is 88.1 Å². The fourth-order valence-electron chi connectivity index (χ4n) is 2.18. The average molecular weight is 225 g/mol. The maximum absolute atomic E-state index is 12.0. The predicted molar refractivity (Wildman–Crippen MR) is 51.5 cm³/mol. The molecule has 1 saturated carbocycles. The summed E-state index contributed by atoms with van der Waals surface area (Å²) in [5.41, 5.74) is 0. The molecule has 0 aliphatic heterocycles. The van der Waals surface area contributed by atoms with Crippen molar-refractivity contribution in [3.05, 3.63) is 0 Å². The van der Waals surface area contributed by atoms with Crippen LogP contribution in [0.15, 0.2) is 0 Å². The van der Waals surface area contributed by atoms with Gasteiger partial charge >= 0.3 is 6.18 Å². The molecule has 0 spiro atoms. The molecule has 2 nitrogen and oxygen atoms in total. The lowest BCUT2D eigenvalue weighted by Crippen LogP contribution is -2.38. The number of hydrogen-bond donors (Lipinski definition) is 1. The van der Waals surface area contributed by atoms with Gasteiger partial charge in [-0.05, 0) is 25.8 Å². The van der Waals surface area contributed by atoms with Gasteiger partial charge in [-0.1, -0.05) is 12.8 Å². The monoisotopic (exact) mass is 225 g/mol. The van der Waals surface area contributed by atoms with Crippen molar-refractivity contribution in [2.45, 2.75) is 38.0 Å². The van der Waals surface area contributed by atoms with Crippen molar-refractivity contribution in [3.63, 3.8) is 0 Å². The highest BCUT2D eigenvalue weighted by Gasteiger charge is 2.31. The molecule has 0 saturated heterocycles. The number of alkyl halides is 3. The molecule has 1 fully saturated rings. The number of halogens is 3. The molecule has 0 aromatic carbocycles. The highest BCUT2D eigenvalue weighted by molar-refractivity contribution is 4.77. The summed E-state index contributed by atoms with van der Waals surface area (Å²) in [6.45, 7) is -0.832. The van der Waals surface area contributed by atoms with Gasteiger partial charge < -0.3 is 5.11 Å². The smallest absolute Gasteiger partial charge is 0.392 e. The Kier molecular flexibility index (Phi) is 4.40. The van der Waals surface area contributed by atoms with Crippen LogP contribution in [0.4, 0.5) is 13.2 Å². The summed E-state index contributed by atoms with van der Waals surface area (Å²) in [5, 5.41) is 9.71. The Balaban J connectivity index is 2.27. The van der Waals surface area contributed by atoms with Crippen molar-refractivity contribution in [1.29, 1.82) is 0 Å². The molecule has 0 heterocycles. The topological polar surface area (TPSA) is 23.5 Å². The van der Waals surface area contributed by atoms with E-state index in [-0.39, 0.29) is 12.5 Å². The van der Waals surface area contributed by atoms with Crippen LogP contribution in [0.1, 0.15) is 25.7 Å². The third-order valence-corrected chi connectivity index (χ3v) is 2.89. The quantitative estimate of drug-likeness (QED) is 0.791. The summed E-state index contributed by atoms with van der Waals surface area (Å²) in [7, 11) is 1.39. The van der Waals surface area contributed by atoms with E-state index in [0.717, 1.165) is 30.6 Å². The molecule has 0 bridgehead atoms. The Morgan fingerprint density at radius 1 is 1.33 bits per heavy atom. The Bertz CT molecular complexity index is 190. The lowest BCUT2D eigenvalue weighted by Gasteiger charge is -2.25. The number of nitrogens with zero attached hydrogens (tertiary/aromatic N) is 1. The molecule has 15 heavy (non-hydrogen) atoms. The molecule has 1 rings (SSSR count). The Morgan fingerprint density at radius 2 is 1.87 bits per heavy atom. The van der Waals surface area contributed by atoms with Gasteiger partial charge in [-0.2, -0.15) is 13.2 Å². The van der Waals surface area contributed by atoms with Gasteiger partial charge in [0.25, 0.3) is 0 Å². The molecule has 1 aliphatic carbocycles. The number of aliphatic hydroxyl groups excluding tert-OH is 1. The summed E-state index contributed by atoms with van der Waals surface area (Å²) in [4.78, 5) is 1.14. The molecule has 0 aromatic rings. The minimum atomic E-state index is -4.18. The van der Waals surface area contributed by atoms with Crippen LogP contribution in [-0.4, -0.2) is 42.4 Å². The molecule has 1 atom stereocenters. The second-order valence-electron chi connectivity index (χ2n) is 4.42. The zero-order valence-corrected chi connectivity index (χ0v) is 8.93. The molecular weight excluding hydrogens is 207 g/mol. The Morgan fingerprint density at radius 3 is 2.33 bits per heavy atom. The second-order valence-corrected chi connectivity index (χ2v) is 4.42. The van der Waals surface area contributed by atoms with Crippen LogP contribution >= 0.6 is 0 Å². The third kappa shape index (κ3) is 4.84. The largest absolute Gasteiger partial charge is 0.401 e. The van der Waals surface area contributed by atoms with Gasteiger partial charge in [0.2, 0.25) is 0 Å². The van der Waals surface area contributed by atoms with E-state index in [4.69, 9.17) is 0 Å². The van der Waals surface area contributed by atoms with Crippen LogP contribution in [0, 0.1) is 5.92 Å². The van der Waals surface area contributed by atoms with Crippen LogP contribution in [0.5, 0.6) is 0 Å². The fourth-order valence-corrected chi connectivity index (χ4v) is 2.18. The highest BCUT2D eigenvalue weighted by Crippen LogP contribution is 2.28. The molecule has 90 valence electrons. The molecule has 0 amide bonds. The minimum absolute atomic E-state index is 0.115. The third-order valence-electron chi connectivity index (χ3n) is 2.89. The molecule has 0 radical (unpaired) electrons. The highest BCUT2D eigenvalue weighted by atomic mass is 19.4. The number of aliphatic hydroxyl groups is 1. The summed E-state index contributed by atoms with van der Waals surface area (Å²) in [5.74, 6) is 0.195. The number of hydrogen-bond acceptors (Lipinski definition) is 2. The number of likely N-dealkylation sites (N-methyl/N-ethyl adjacent to an activating group) is 1. The first-order chi connectivity index (χ1) is 6.88. The van der Waals surface area contributed by atoms with Gasteiger partial charge in [-0.25, -0.2) is 0 Å². The van der Waals surface area contributed by atoms with Crippen molar-refractivity contribution in [3.8, 4) is 0 Å². The van der Waals surface area contributed by atoms with E-state index in [0.29, 0.717) is 0 Å². The van der Waals surface area contributed by atoms with Crippen LogP contribution in [-0.2, 0) is 0 Å². The summed E-state index contributed by atoms with van der Waals surface area (Å²) in [6.07, 6.45) is -0.721. The SMILES string of the molecule is CN(CC(O)C1CCCC1)CC(F)(F)F. The maximum atomic E-state index is 12.0.